The quantitative estimate of drug-likeness (QED) is 0.780. The number of hydrogen-bond acceptors (Lipinski definition) is 3. The molecule has 0 aliphatic carbocycles. The van der Waals surface area contributed by atoms with Crippen LogP contribution in [-0.2, 0) is 4.74 Å². The SMILES string of the molecule is Cc1ccc(C(=O)N2CCOC(CBr)C2)cn1. The third kappa shape index (κ3) is 3.04. The molecule has 1 amide bonds. The zero-order valence-corrected chi connectivity index (χ0v) is 11.3. The van der Waals surface area contributed by atoms with Crippen LogP contribution in [0.3, 0.4) is 0 Å². The van der Waals surface area contributed by atoms with Crippen LogP contribution in [0.1, 0.15) is 16.1 Å². The van der Waals surface area contributed by atoms with E-state index >= 15 is 0 Å². The number of alkyl halides is 1. The summed E-state index contributed by atoms with van der Waals surface area (Å²) in [6.45, 7) is 3.79. The highest BCUT2D eigenvalue weighted by Crippen LogP contribution is 2.11. The van der Waals surface area contributed by atoms with Crippen LogP contribution in [0.4, 0.5) is 0 Å². The predicted molar refractivity (Wildman–Crippen MR) is 68.4 cm³/mol. The van der Waals surface area contributed by atoms with Crippen LogP contribution in [0.5, 0.6) is 0 Å². The average molecular weight is 299 g/mol. The molecule has 2 heterocycles. The molecule has 1 atom stereocenters. The molecule has 1 aromatic heterocycles. The van der Waals surface area contributed by atoms with Crippen LogP contribution in [-0.4, -0.2) is 46.9 Å². The van der Waals surface area contributed by atoms with E-state index in [2.05, 4.69) is 20.9 Å². The molecule has 0 bridgehead atoms. The van der Waals surface area contributed by atoms with Gasteiger partial charge in [-0.15, -0.1) is 0 Å². The average Bonchev–Trinajstić information content (AvgIpc) is 2.39. The van der Waals surface area contributed by atoms with E-state index < -0.39 is 0 Å². The lowest BCUT2D eigenvalue weighted by molar-refractivity contribution is -0.00966. The minimum atomic E-state index is 0.0340. The van der Waals surface area contributed by atoms with Crippen molar-refractivity contribution >= 4 is 21.8 Å². The van der Waals surface area contributed by atoms with Crippen LogP contribution in [0.15, 0.2) is 18.3 Å². The monoisotopic (exact) mass is 298 g/mol. The standard InChI is InChI=1S/C12H15BrN2O2/c1-9-2-3-10(7-14-9)12(16)15-4-5-17-11(6-13)8-15/h2-3,7,11H,4-6,8H2,1H3. The largest absolute Gasteiger partial charge is 0.374 e. The number of aromatic nitrogens is 1. The number of carbonyl (C=O) groups is 1. The fourth-order valence-electron chi connectivity index (χ4n) is 1.77. The first-order chi connectivity index (χ1) is 8.20. The Hall–Kier alpha value is -0.940. The summed E-state index contributed by atoms with van der Waals surface area (Å²) in [6, 6.07) is 3.68. The Morgan fingerprint density at radius 2 is 2.47 bits per heavy atom. The number of pyridine rings is 1. The number of aryl methyl sites for hydroxylation is 1. The Bertz CT molecular complexity index is 394. The Balaban J connectivity index is 2.06. The molecule has 1 aromatic rings. The molecule has 5 heteroatoms. The van der Waals surface area contributed by atoms with Gasteiger partial charge in [0, 0.05) is 30.3 Å². The van der Waals surface area contributed by atoms with E-state index in [1.807, 2.05) is 24.0 Å². The van der Waals surface area contributed by atoms with E-state index in [0.717, 1.165) is 11.0 Å². The molecular formula is C12H15BrN2O2. The maximum absolute atomic E-state index is 12.2. The molecule has 4 nitrogen and oxygen atoms in total. The maximum Gasteiger partial charge on any atom is 0.255 e. The summed E-state index contributed by atoms with van der Waals surface area (Å²) < 4.78 is 5.51. The Morgan fingerprint density at radius 1 is 1.65 bits per heavy atom. The van der Waals surface area contributed by atoms with E-state index in [1.54, 1.807) is 6.20 Å². The number of ether oxygens (including phenoxy) is 1. The van der Waals surface area contributed by atoms with Crippen molar-refractivity contribution < 1.29 is 9.53 Å². The van der Waals surface area contributed by atoms with Crippen LogP contribution >= 0.6 is 15.9 Å². The van der Waals surface area contributed by atoms with Gasteiger partial charge in [-0.2, -0.15) is 0 Å². The lowest BCUT2D eigenvalue weighted by Gasteiger charge is -2.32. The third-order valence-electron chi connectivity index (χ3n) is 2.76. The molecule has 1 aliphatic rings. The van der Waals surface area contributed by atoms with Gasteiger partial charge in [-0.1, -0.05) is 15.9 Å². The second-order valence-corrected chi connectivity index (χ2v) is 4.73. The highest BCUT2D eigenvalue weighted by molar-refractivity contribution is 9.09. The van der Waals surface area contributed by atoms with Crippen molar-refractivity contribution in [3.8, 4) is 0 Å². The Morgan fingerprint density at radius 3 is 3.12 bits per heavy atom. The van der Waals surface area contributed by atoms with Gasteiger partial charge in [0.1, 0.15) is 0 Å². The predicted octanol–water partition coefficient (Wildman–Crippen LogP) is 1.63. The van der Waals surface area contributed by atoms with Gasteiger partial charge in [0.15, 0.2) is 0 Å². The van der Waals surface area contributed by atoms with Gasteiger partial charge in [0.2, 0.25) is 0 Å². The zero-order chi connectivity index (χ0) is 12.3. The number of hydrogen-bond donors (Lipinski definition) is 0. The summed E-state index contributed by atoms with van der Waals surface area (Å²) in [5.41, 5.74) is 1.56. The molecule has 2 rings (SSSR count). The summed E-state index contributed by atoms with van der Waals surface area (Å²) in [6.07, 6.45) is 1.72. The Kier molecular flexibility index (Phi) is 4.12. The van der Waals surface area contributed by atoms with E-state index in [-0.39, 0.29) is 12.0 Å². The van der Waals surface area contributed by atoms with Crippen molar-refractivity contribution in [3.63, 3.8) is 0 Å². The molecule has 1 saturated heterocycles. The lowest BCUT2D eigenvalue weighted by atomic mass is 10.2. The molecule has 0 radical (unpaired) electrons. The number of amides is 1. The lowest BCUT2D eigenvalue weighted by Crippen LogP contribution is -2.46. The number of carbonyl (C=O) groups excluding carboxylic acids is 1. The molecule has 0 spiro atoms. The van der Waals surface area contributed by atoms with Gasteiger partial charge >= 0.3 is 0 Å². The fraction of sp³-hybridized carbons (Fsp3) is 0.500. The van der Waals surface area contributed by atoms with Crippen molar-refractivity contribution in [1.82, 2.24) is 9.88 Å². The molecular weight excluding hydrogens is 284 g/mol. The van der Waals surface area contributed by atoms with E-state index in [9.17, 15) is 4.79 Å². The first-order valence-corrected chi connectivity index (χ1v) is 6.72. The highest BCUT2D eigenvalue weighted by atomic mass is 79.9. The normalized spacial score (nSPS) is 20.4. The van der Waals surface area contributed by atoms with Gasteiger partial charge in [0.25, 0.3) is 5.91 Å². The minimum absolute atomic E-state index is 0.0340. The summed E-state index contributed by atoms with van der Waals surface area (Å²) in [7, 11) is 0. The molecule has 0 aromatic carbocycles. The topological polar surface area (TPSA) is 42.4 Å². The van der Waals surface area contributed by atoms with Gasteiger partial charge in [0.05, 0.1) is 18.3 Å². The van der Waals surface area contributed by atoms with E-state index in [0.29, 0.717) is 25.3 Å². The highest BCUT2D eigenvalue weighted by Gasteiger charge is 2.24. The van der Waals surface area contributed by atoms with Gasteiger partial charge in [-0.3, -0.25) is 9.78 Å². The third-order valence-corrected chi connectivity index (χ3v) is 3.48. The van der Waals surface area contributed by atoms with Crippen molar-refractivity contribution in [2.75, 3.05) is 25.0 Å². The van der Waals surface area contributed by atoms with E-state index in [4.69, 9.17) is 4.74 Å². The minimum Gasteiger partial charge on any atom is -0.374 e. The first-order valence-electron chi connectivity index (χ1n) is 5.60. The maximum atomic E-state index is 12.2. The van der Waals surface area contributed by atoms with Crippen LogP contribution < -0.4 is 0 Å². The van der Waals surface area contributed by atoms with E-state index in [1.165, 1.54) is 0 Å². The molecule has 0 saturated carbocycles. The zero-order valence-electron chi connectivity index (χ0n) is 9.73. The number of halogens is 1. The molecule has 1 aliphatic heterocycles. The van der Waals surface area contributed by atoms with Crippen molar-refractivity contribution in [2.24, 2.45) is 0 Å². The van der Waals surface area contributed by atoms with Gasteiger partial charge < -0.3 is 9.64 Å². The van der Waals surface area contributed by atoms with Crippen molar-refractivity contribution in [3.05, 3.63) is 29.6 Å². The van der Waals surface area contributed by atoms with Crippen LogP contribution in [0, 0.1) is 6.92 Å². The summed E-state index contributed by atoms with van der Waals surface area (Å²) in [5.74, 6) is 0.0340. The fourth-order valence-corrected chi connectivity index (χ4v) is 2.17. The second-order valence-electron chi connectivity index (χ2n) is 4.09. The molecule has 17 heavy (non-hydrogen) atoms. The smallest absolute Gasteiger partial charge is 0.255 e. The van der Waals surface area contributed by atoms with Gasteiger partial charge in [-0.25, -0.2) is 0 Å². The summed E-state index contributed by atoms with van der Waals surface area (Å²) in [5, 5.41) is 0.753. The van der Waals surface area contributed by atoms with Crippen LogP contribution in [0.25, 0.3) is 0 Å². The number of morpholine rings is 1. The number of rotatable bonds is 2. The van der Waals surface area contributed by atoms with Gasteiger partial charge in [-0.05, 0) is 19.1 Å². The van der Waals surface area contributed by atoms with Crippen molar-refractivity contribution in [2.45, 2.75) is 13.0 Å². The molecule has 1 fully saturated rings. The first kappa shape index (κ1) is 12.5. The summed E-state index contributed by atoms with van der Waals surface area (Å²) in [4.78, 5) is 18.2. The summed E-state index contributed by atoms with van der Waals surface area (Å²) >= 11 is 3.38. The number of nitrogens with zero attached hydrogens (tertiary/aromatic N) is 2. The van der Waals surface area contributed by atoms with Crippen molar-refractivity contribution in [1.29, 1.82) is 0 Å². The molecule has 92 valence electrons. The Labute approximate surface area is 109 Å². The second kappa shape index (κ2) is 5.60. The van der Waals surface area contributed by atoms with Crippen LogP contribution in [0.2, 0.25) is 0 Å². The molecule has 1 unspecified atom stereocenters. The molecule has 0 N–H and O–H groups in total.